The summed E-state index contributed by atoms with van der Waals surface area (Å²) in [5, 5.41) is 46.4. The van der Waals surface area contributed by atoms with Crippen LogP contribution in [0.2, 0.25) is 0 Å². The van der Waals surface area contributed by atoms with Crippen LogP contribution in [-0.2, 0) is 0 Å². The largest absolute Gasteiger partial charge is 0.504 e. The molecule has 0 radical (unpaired) electrons. The van der Waals surface area contributed by atoms with Crippen molar-refractivity contribution < 1.29 is 20.4 Å². The lowest BCUT2D eigenvalue weighted by Crippen LogP contribution is -1.83. The average molecular weight is 269 g/mol. The van der Waals surface area contributed by atoms with Gasteiger partial charge in [0.1, 0.15) is 0 Å². The fraction of sp³-hybridized carbons (Fsp3) is 0. The van der Waals surface area contributed by atoms with Crippen LogP contribution in [-0.4, -0.2) is 20.4 Å². The van der Waals surface area contributed by atoms with Crippen LogP contribution < -0.4 is 0 Å². The Morgan fingerprint density at radius 1 is 0.850 bits per heavy atom. The molecule has 0 aliphatic carbocycles. The molecule has 20 heavy (non-hydrogen) atoms. The molecule has 0 bridgehead atoms. The summed E-state index contributed by atoms with van der Waals surface area (Å²) in [6.45, 7) is 0. The summed E-state index contributed by atoms with van der Waals surface area (Å²) in [5.74, 6) is -1.13. The standard InChI is InChI=1S/C15H11NO4/c16-8-11(10-2-4-13(18)15(20)7-10)5-9-1-3-12(17)14(19)6-9/h1-7,17-20H/b11-5+. The zero-order valence-corrected chi connectivity index (χ0v) is 10.3. The fourth-order valence-corrected chi connectivity index (χ4v) is 1.67. The maximum Gasteiger partial charge on any atom is 0.158 e. The van der Waals surface area contributed by atoms with Crippen molar-refractivity contribution in [2.24, 2.45) is 0 Å². The van der Waals surface area contributed by atoms with E-state index in [1.807, 2.05) is 6.07 Å². The van der Waals surface area contributed by atoms with Gasteiger partial charge in [-0.05, 0) is 47.5 Å². The molecule has 0 saturated carbocycles. The number of phenolic OH excluding ortho intramolecular Hbond substituents is 4. The molecular weight excluding hydrogens is 258 g/mol. The number of hydrogen-bond acceptors (Lipinski definition) is 5. The van der Waals surface area contributed by atoms with Gasteiger partial charge < -0.3 is 20.4 Å². The highest BCUT2D eigenvalue weighted by molar-refractivity contribution is 5.90. The molecule has 0 aliphatic rings. The minimum absolute atomic E-state index is 0.241. The van der Waals surface area contributed by atoms with E-state index in [1.165, 1.54) is 42.5 Å². The van der Waals surface area contributed by atoms with Crippen LogP contribution in [0.1, 0.15) is 11.1 Å². The fourth-order valence-electron chi connectivity index (χ4n) is 1.67. The lowest BCUT2D eigenvalue weighted by atomic mass is 10.0. The van der Waals surface area contributed by atoms with Crippen molar-refractivity contribution in [1.29, 1.82) is 5.26 Å². The maximum atomic E-state index is 9.43. The Hall–Kier alpha value is -3.13. The van der Waals surface area contributed by atoms with Crippen LogP contribution in [0.15, 0.2) is 36.4 Å². The van der Waals surface area contributed by atoms with Gasteiger partial charge in [0.2, 0.25) is 0 Å². The predicted molar refractivity (Wildman–Crippen MR) is 73.0 cm³/mol. The summed E-state index contributed by atoms with van der Waals surface area (Å²) in [6.07, 6.45) is 1.49. The highest BCUT2D eigenvalue weighted by Crippen LogP contribution is 2.30. The molecule has 5 heteroatoms. The molecule has 0 unspecified atom stereocenters. The van der Waals surface area contributed by atoms with E-state index in [9.17, 15) is 20.4 Å². The second-order valence-electron chi connectivity index (χ2n) is 4.12. The normalized spacial score (nSPS) is 11.1. The van der Waals surface area contributed by atoms with Gasteiger partial charge >= 0.3 is 0 Å². The summed E-state index contributed by atoms with van der Waals surface area (Å²) in [5.41, 5.74) is 1.19. The summed E-state index contributed by atoms with van der Waals surface area (Å²) in [6, 6.07) is 10.2. The van der Waals surface area contributed by atoms with E-state index in [0.29, 0.717) is 11.1 Å². The van der Waals surface area contributed by atoms with E-state index in [0.717, 1.165) is 0 Å². The molecule has 0 spiro atoms. The minimum Gasteiger partial charge on any atom is -0.504 e. The van der Waals surface area contributed by atoms with Gasteiger partial charge in [0.15, 0.2) is 23.0 Å². The lowest BCUT2D eigenvalue weighted by molar-refractivity contribution is 0.403. The third kappa shape index (κ3) is 2.65. The monoisotopic (exact) mass is 269 g/mol. The van der Waals surface area contributed by atoms with Gasteiger partial charge in [0, 0.05) is 0 Å². The Kier molecular flexibility index (Phi) is 3.49. The van der Waals surface area contributed by atoms with Gasteiger partial charge in [-0.1, -0.05) is 6.07 Å². The molecule has 5 nitrogen and oxygen atoms in total. The minimum atomic E-state index is -0.322. The first-order chi connectivity index (χ1) is 9.51. The zero-order chi connectivity index (χ0) is 14.7. The van der Waals surface area contributed by atoms with Crippen molar-refractivity contribution in [3.8, 4) is 29.1 Å². The first kappa shape index (κ1) is 13.3. The van der Waals surface area contributed by atoms with E-state index in [-0.39, 0.29) is 28.6 Å². The molecule has 0 heterocycles. The SMILES string of the molecule is N#C/C(=C\c1ccc(O)c(O)c1)c1ccc(O)c(O)c1. The number of nitrogens with zero attached hydrogens (tertiary/aromatic N) is 1. The number of hydrogen-bond donors (Lipinski definition) is 4. The van der Waals surface area contributed by atoms with Gasteiger partial charge in [-0.3, -0.25) is 0 Å². The highest BCUT2D eigenvalue weighted by atomic mass is 16.3. The third-order valence-corrected chi connectivity index (χ3v) is 2.72. The van der Waals surface area contributed by atoms with Crippen molar-refractivity contribution in [2.75, 3.05) is 0 Å². The molecule has 0 fully saturated rings. The van der Waals surface area contributed by atoms with Crippen molar-refractivity contribution in [3.63, 3.8) is 0 Å². The zero-order valence-electron chi connectivity index (χ0n) is 10.3. The van der Waals surface area contributed by atoms with Gasteiger partial charge in [-0.2, -0.15) is 5.26 Å². The highest BCUT2D eigenvalue weighted by Gasteiger charge is 2.06. The number of nitriles is 1. The molecule has 0 atom stereocenters. The van der Waals surface area contributed by atoms with E-state index in [1.54, 1.807) is 0 Å². The van der Waals surface area contributed by atoms with Gasteiger partial charge in [0.25, 0.3) is 0 Å². The van der Waals surface area contributed by atoms with Crippen molar-refractivity contribution in [2.45, 2.75) is 0 Å². The Morgan fingerprint density at radius 2 is 1.45 bits per heavy atom. The van der Waals surface area contributed by atoms with Gasteiger partial charge in [-0.25, -0.2) is 0 Å². The molecule has 100 valence electrons. The molecule has 0 amide bonds. The summed E-state index contributed by atoms with van der Waals surface area (Å²) in [7, 11) is 0. The first-order valence-electron chi connectivity index (χ1n) is 5.67. The second-order valence-corrected chi connectivity index (χ2v) is 4.12. The van der Waals surface area contributed by atoms with Crippen molar-refractivity contribution in [1.82, 2.24) is 0 Å². The van der Waals surface area contributed by atoms with E-state index >= 15 is 0 Å². The number of benzene rings is 2. The Labute approximate surface area is 114 Å². The summed E-state index contributed by atoms with van der Waals surface area (Å²) < 4.78 is 0. The van der Waals surface area contributed by atoms with Crippen molar-refractivity contribution in [3.05, 3.63) is 47.5 Å². The first-order valence-corrected chi connectivity index (χ1v) is 5.67. The maximum absolute atomic E-state index is 9.43. The predicted octanol–water partition coefficient (Wildman–Crippen LogP) is 2.57. The van der Waals surface area contributed by atoms with Crippen LogP contribution >= 0.6 is 0 Å². The summed E-state index contributed by atoms with van der Waals surface area (Å²) >= 11 is 0. The summed E-state index contributed by atoms with van der Waals surface area (Å²) in [4.78, 5) is 0. The Balaban J connectivity index is 2.46. The quantitative estimate of drug-likeness (QED) is 0.381. The van der Waals surface area contributed by atoms with Gasteiger partial charge in [0.05, 0.1) is 11.6 Å². The molecule has 0 aromatic heterocycles. The second kappa shape index (κ2) is 5.24. The smallest absolute Gasteiger partial charge is 0.158 e. The molecule has 0 saturated heterocycles. The number of rotatable bonds is 2. The Bertz CT molecular complexity index is 729. The van der Waals surface area contributed by atoms with Gasteiger partial charge in [-0.15, -0.1) is 0 Å². The lowest BCUT2D eigenvalue weighted by Gasteiger charge is -2.03. The van der Waals surface area contributed by atoms with E-state index in [2.05, 4.69) is 0 Å². The third-order valence-electron chi connectivity index (χ3n) is 2.72. The molecule has 0 aliphatic heterocycles. The number of allylic oxidation sites excluding steroid dienone is 1. The Morgan fingerprint density at radius 3 is 2.00 bits per heavy atom. The van der Waals surface area contributed by atoms with Crippen LogP contribution in [0.4, 0.5) is 0 Å². The molecule has 2 aromatic carbocycles. The van der Waals surface area contributed by atoms with Crippen molar-refractivity contribution >= 4 is 11.6 Å². The van der Waals surface area contributed by atoms with E-state index in [4.69, 9.17) is 5.26 Å². The topological polar surface area (TPSA) is 105 Å². The van der Waals surface area contributed by atoms with E-state index < -0.39 is 0 Å². The van der Waals surface area contributed by atoms with Crippen LogP contribution in [0.25, 0.3) is 11.6 Å². The van der Waals surface area contributed by atoms with Crippen LogP contribution in [0.3, 0.4) is 0 Å². The molecule has 2 aromatic rings. The number of phenols is 4. The molecular formula is C15H11NO4. The molecule has 4 N–H and O–H groups in total. The van der Waals surface area contributed by atoms with Crippen LogP contribution in [0, 0.1) is 11.3 Å². The molecule has 2 rings (SSSR count). The average Bonchev–Trinajstić information content (AvgIpc) is 2.43. The number of aromatic hydroxyl groups is 4. The van der Waals surface area contributed by atoms with Crippen LogP contribution in [0.5, 0.6) is 23.0 Å².